The number of Topliss-reactive ketones (excluding diaryl/α,β-unsaturated/α-hetero) is 1. The van der Waals surface area contributed by atoms with Crippen LogP contribution < -0.4 is 4.74 Å². The van der Waals surface area contributed by atoms with E-state index in [1.165, 1.54) is 25.3 Å². The standard InChI is InChI=1S/C32H37NO11/c1-15-10-16(33-9-5-8-22(33)42-3)11-23(43-15)44-20-13-32(40,21(35)14-34)12-18-25(20)31(39)27-26(29(18)37)28(36)17-6-4-7-19(41-2)24(17)30(27)38/h4,6-7,15-16,20,22-23,34,37,39-40H,5,8-14H2,1-3H3. The van der Waals surface area contributed by atoms with Gasteiger partial charge in [0.25, 0.3) is 0 Å². The van der Waals surface area contributed by atoms with Crippen molar-refractivity contribution in [2.45, 2.75) is 81.8 Å². The molecule has 0 spiro atoms. The molecule has 4 aliphatic rings. The van der Waals surface area contributed by atoms with E-state index in [4.69, 9.17) is 18.9 Å². The topological polar surface area (TPSA) is 172 Å². The Kier molecular flexibility index (Phi) is 8.02. The van der Waals surface area contributed by atoms with Crippen molar-refractivity contribution in [3.05, 3.63) is 51.6 Å². The fraction of sp³-hybridized carbons (Fsp3) is 0.531. The molecule has 6 rings (SSSR count). The fourth-order valence-corrected chi connectivity index (χ4v) is 7.44. The average Bonchev–Trinajstić information content (AvgIpc) is 3.49. The molecule has 2 aliphatic heterocycles. The Morgan fingerprint density at radius 3 is 2.55 bits per heavy atom. The Hall–Kier alpha value is -3.39. The van der Waals surface area contributed by atoms with E-state index in [0.29, 0.717) is 6.42 Å². The van der Waals surface area contributed by atoms with Gasteiger partial charge in [0.2, 0.25) is 5.78 Å². The number of methoxy groups -OCH3 is 2. The zero-order valence-corrected chi connectivity index (χ0v) is 24.9. The molecule has 236 valence electrons. The minimum absolute atomic E-state index is 0.0197. The van der Waals surface area contributed by atoms with Crippen LogP contribution >= 0.6 is 0 Å². The first kappa shape index (κ1) is 30.6. The molecular weight excluding hydrogens is 574 g/mol. The van der Waals surface area contributed by atoms with Crippen LogP contribution in [0.1, 0.15) is 88.1 Å². The summed E-state index contributed by atoms with van der Waals surface area (Å²) in [6.07, 6.45) is -0.221. The van der Waals surface area contributed by atoms with Gasteiger partial charge in [-0.1, -0.05) is 12.1 Å². The highest BCUT2D eigenvalue weighted by Crippen LogP contribution is 2.52. The number of rotatable bonds is 7. The molecule has 2 fully saturated rings. The summed E-state index contributed by atoms with van der Waals surface area (Å²) in [6.45, 7) is 1.78. The van der Waals surface area contributed by atoms with Crippen molar-refractivity contribution in [3.8, 4) is 17.2 Å². The zero-order valence-electron chi connectivity index (χ0n) is 24.9. The second-order valence-electron chi connectivity index (χ2n) is 12.1. The van der Waals surface area contributed by atoms with Crippen molar-refractivity contribution >= 4 is 17.3 Å². The number of phenols is 2. The predicted molar refractivity (Wildman–Crippen MR) is 153 cm³/mol. The highest BCUT2D eigenvalue weighted by atomic mass is 16.7. The molecule has 0 bridgehead atoms. The van der Waals surface area contributed by atoms with E-state index in [9.17, 15) is 34.8 Å². The molecule has 0 amide bonds. The smallest absolute Gasteiger partial charge is 0.202 e. The van der Waals surface area contributed by atoms with Crippen LogP contribution in [0.15, 0.2) is 18.2 Å². The van der Waals surface area contributed by atoms with Gasteiger partial charge in [0.1, 0.15) is 35.7 Å². The molecule has 0 radical (unpaired) electrons. The molecule has 2 saturated heterocycles. The molecule has 0 saturated carbocycles. The van der Waals surface area contributed by atoms with Gasteiger partial charge in [0.15, 0.2) is 17.9 Å². The summed E-state index contributed by atoms with van der Waals surface area (Å²) in [6, 6.07) is 4.51. The largest absolute Gasteiger partial charge is 0.507 e. The monoisotopic (exact) mass is 611 g/mol. The third kappa shape index (κ3) is 4.81. The normalized spacial score (nSPS) is 30.1. The molecule has 2 aromatic rings. The Bertz CT molecular complexity index is 1520. The van der Waals surface area contributed by atoms with Crippen LogP contribution in [0, 0.1) is 0 Å². The van der Waals surface area contributed by atoms with Crippen LogP contribution in [0.5, 0.6) is 17.2 Å². The summed E-state index contributed by atoms with van der Waals surface area (Å²) in [5.41, 5.74) is -3.25. The summed E-state index contributed by atoms with van der Waals surface area (Å²) in [4.78, 5) is 42.6. The molecule has 2 aromatic carbocycles. The number of aliphatic hydroxyl groups excluding tert-OH is 1. The number of aromatic hydroxyl groups is 2. The number of benzene rings is 2. The Morgan fingerprint density at radius 2 is 1.84 bits per heavy atom. The number of carbonyl (C=O) groups excluding carboxylic acids is 3. The summed E-state index contributed by atoms with van der Waals surface area (Å²) in [7, 11) is 3.03. The van der Waals surface area contributed by atoms with Gasteiger partial charge in [-0.05, 0) is 32.3 Å². The number of hydrogen-bond acceptors (Lipinski definition) is 12. The van der Waals surface area contributed by atoms with E-state index in [1.807, 2.05) is 6.92 Å². The van der Waals surface area contributed by atoms with Crippen LogP contribution in [0.3, 0.4) is 0 Å². The maximum absolute atomic E-state index is 13.8. The molecule has 6 unspecified atom stereocenters. The molecular formula is C32H37NO11. The van der Waals surface area contributed by atoms with Crippen molar-refractivity contribution < 1.29 is 53.8 Å². The van der Waals surface area contributed by atoms with E-state index in [2.05, 4.69) is 4.90 Å². The van der Waals surface area contributed by atoms with Gasteiger partial charge in [-0.25, -0.2) is 0 Å². The fourth-order valence-electron chi connectivity index (χ4n) is 7.44. The van der Waals surface area contributed by atoms with E-state index < -0.39 is 77.4 Å². The lowest BCUT2D eigenvalue weighted by Crippen LogP contribution is -2.50. The van der Waals surface area contributed by atoms with Gasteiger partial charge < -0.3 is 39.4 Å². The van der Waals surface area contributed by atoms with Crippen LogP contribution in [-0.4, -0.2) is 100 Å². The summed E-state index contributed by atoms with van der Waals surface area (Å²) >= 11 is 0. The van der Waals surface area contributed by atoms with Crippen molar-refractivity contribution in [3.63, 3.8) is 0 Å². The van der Waals surface area contributed by atoms with Gasteiger partial charge in [-0.2, -0.15) is 0 Å². The second kappa shape index (κ2) is 11.5. The SMILES string of the molecule is COc1cccc2c1C(=O)c1c(O)c3c(c(O)c1C2=O)CC(O)(C(=O)CO)CC3OC1CC(N2CCCC2OC)CC(C)O1. The number of ketones is 3. The maximum Gasteiger partial charge on any atom is 0.202 e. The minimum atomic E-state index is -2.19. The van der Waals surface area contributed by atoms with Crippen LogP contribution in [0.2, 0.25) is 0 Å². The quantitative estimate of drug-likeness (QED) is 0.287. The van der Waals surface area contributed by atoms with E-state index in [0.717, 1.165) is 25.8 Å². The van der Waals surface area contributed by atoms with Crippen molar-refractivity contribution in [1.82, 2.24) is 4.90 Å². The molecule has 2 aliphatic carbocycles. The lowest BCUT2D eigenvalue weighted by Gasteiger charge is -2.43. The van der Waals surface area contributed by atoms with Crippen LogP contribution in [0.25, 0.3) is 0 Å². The maximum atomic E-state index is 13.8. The third-order valence-electron chi connectivity index (χ3n) is 9.49. The number of likely N-dealkylation sites (tertiary alicyclic amines) is 1. The molecule has 2 heterocycles. The van der Waals surface area contributed by atoms with Gasteiger partial charge in [0, 0.05) is 55.6 Å². The van der Waals surface area contributed by atoms with Crippen molar-refractivity contribution in [1.29, 1.82) is 0 Å². The Morgan fingerprint density at radius 1 is 1.09 bits per heavy atom. The number of phenolic OH excluding ortho intramolecular Hbond substituents is 2. The molecule has 12 heteroatoms. The highest BCUT2D eigenvalue weighted by molar-refractivity contribution is 6.31. The van der Waals surface area contributed by atoms with Crippen LogP contribution in [-0.2, 0) is 25.4 Å². The summed E-state index contributed by atoms with van der Waals surface area (Å²) in [5, 5.41) is 44.4. The van der Waals surface area contributed by atoms with Gasteiger partial charge in [0.05, 0.1) is 36.0 Å². The van der Waals surface area contributed by atoms with Crippen molar-refractivity contribution in [2.75, 3.05) is 27.4 Å². The Labute approximate surface area is 254 Å². The first-order valence-corrected chi connectivity index (χ1v) is 14.9. The summed E-state index contributed by atoms with van der Waals surface area (Å²) < 4.78 is 23.5. The number of hydrogen-bond donors (Lipinski definition) is 4. The number of carbonyl (C=O) groups is 3. The van der Waals surface area contributed by atoms with E-state index in [-0.39, 0.29) is 46.4 Å². The zero-order chi connectivity index (χ0) is 31.5. The number of nitrogens with zero attached hydrogens (tertiary/aromatic N) is 1. The number of aliphatic hydroxyl groups is 2. The van der Waals surface area contributed by atoms with Gasteiger partial charge in [-0.15, -0.1) is 0 Å². The first-order valence-electron chi connectivity index (χ1n) is 14.9. The number of fused-ring (bicyclic) bond motifs is 3. The molecule has 0 aromatic heterocycles. The molecule has 44 heavy (non-hydrogen) atoms. The lowest BCUT2D eigenvalue weighted by atomic mass is 9.72. The molecule has 12 nitrogen and oxygen atoms in total. The van der Waals surface area contributed by atoms with Gasteiger partial charge in [-0.3, -0.25) is 19.3 Å². The van der Waals surface area contributed by atoms with Crippen molar-refractivity contribution in [2.24, 2.45) is 0 Å². The predicted octanol–water partition coefficient (Wildman–Crippen LogP) is 2.14. The lowest BCUT2D eigenvalue weighted by molar-refractivity contribution is -0.237. The Balaban J connectivity index is 1.44. The molecule has 6 atom stereocenters. The number of ether oxygens (including phenoxy) is 4. The third-order valence-corrected chi connectivity index (χ3v) is 9.49. The van der Waals surface area contributed by atoms with Gasteiger partial charge >= 0.3 is 0 Å². The summed E-state index contributed by atoms with van der Waals surface area (Å²) in [5.74, 6) is -3.48. The second-order valence-corrected chi connectivity index (χ2v) is 12.1. The van der Waals surface area contributed by atoms with E-state index >= 15 is 0 Å². The highest BCUT2D eigenvalue weighted by Gasteiger charge is 2.50. The average molecular weight is 612 g/mol. The van der Waals surface area contributed by atoms with Crippen LogP contribution in [0.4, 0.5) is 0 Å². The van der Waals surface area contributed by atoms with E-state index in [1.54, 1.807) is 7.11 Å². The minimum Gasteiger partial charge on any atom is -0.507 e. The first-order chi connectivity index (χ1) is 21.0. The molecule has 4 N–H and O–H groups in total.